The van der Waals surface area contributed by atoms with Gasteiger partial charge in [-0.3, -0.25) is 14.5 Å². The Kier molecular flexibility index (Phi) is 6.23. The number of nitrogens with one attached hydrogen (secondary N) is 1. The highest BCUT2D eigenvalue weighted by molar-refractivity contribution is 6.32. The van der Waals surface area contributed by atoms with E-state index in [9.17, 15) is 22.8 Å². The molecule has 176 valence electrons. The van der Waals surface area contributed by atoms with Gasteiger partial charge in [0.15, 0.2) is 5.69 Å². The van der Waals surface area contributed by atoms with Crippen molar-refractivity contribution in [3.05, 3.63) is 47.7 Å². The summed E-state index contributed by atoms with van der Waals surface area (Å²) in [5, 5.41) is 9.42. The maximum atomic E-state index is 13.0. The minimum absolute atomic E-state index is 0.00509. The molecule has 0 aromatic carbocycles. The zero-order chi connectivity index (χ0) is 23.9. The second-order valence-electron chi connectivity index (χ2n) is 7.56. The largest absolute Gasteiger partial charge is 0.435 e. The van der Waals surface area contributed by atoms with Crippen LogP contribution < -0.4 is 10.2 Å². The summed E-state index contributed by atoms with van der Waals surface area (Å²) in [4.78, 5) is 30.4. The van der Waals surface area contributed by atoms with Crippen LogP contribution in [0.3, 0.4) is 0 Å². The number of fused-ring (bicyclic) bond motifs is 1. The highest BCUT2D eigenvalue weighted by Crippen LogP contribution is 2.32. The maximum absolute atomic E-state index is 13.0. The van der Waals surface area contributed by atoms with Crippen LogP contribution >= 0.6 is 23.2 Å². The number of nitrogens with zero attached hydrogens (tertiary/aromatic N) is 6. The first-order valence-electron chi connectivity index (χ1n) is 9.83. The molecule has 0 spiro atoms. The quantitative estimate of drug-likeness (QED) is 0.645. The van der Waals surface area contributed by atoms with E-state index in [2.05, 4.69) is 20.5 Å². The number of likely N-dealkylation sites (N-methyl/N-ethyl adjacent to an activating group) is 1. The molecule has 1 aliphatic heterocycles. The zero-order valence-corrected chi connectivity index (χ0v) is 18.6. The number of amides is 2. The van der Waals surface area contributed by atoms with E-state index < -0.39 is 35.1 Å². The third-order valence-corrected chi connectivity index (χ3v) is 6.36. The van der Waals surface area contributed by atoms with E-state index in [1.807, 2.05) is 6.08 Å². The lowest BCUT2D eigenvalue weighted by molar-refractivity contribution is -0.141. The lowest BCUT2D eigenvalue weighted by atomic mass is 10.0. The van der Waals surface area contributed by atoms with Crippen LogP contribution in [0.15, 0.2) is 36.2 Å². The van der Waals surface area contributed by atoms with Crippen LogP contribution in [0.25, 0.3) is 0 Å². The standard InChI is InChI=1S/C19H18Cl2F3N7O2/c1-29-14-7-13(19(22,23)24)27-31(14)6-5-12(18(29)33)26-17(32)16-25-9-30(28-16)8-10-3-2-4-11(20)15(10)21/h2-4,7,9,11-12,15H,5-6,8H2,1H3,(H,26,32)/t11?,12-,15?/m1/s1. The molecule has 0 radical (unpaired) electrons. The van der Waals surface area contributed by atoms with E-state index >= 15 is 0 Å². The van der Waals surface area contributed by atoms with E-state index in [4.69, 9.17) is 23.2 Å². The summed E-state index contributed by atoms with van der Waals surface area (Å²) in [7, 11) is 1.33. The number of hydrogen-bond acceptors (Lipinski definition) is 5. The molecule has 2 aromatic rings. The smallest absolute Gasteiger partial charge is 0.337 e. The molecule has 2 aromatic heterocycles. The molecule has 0 saturated heterocycles. The van der Waals surface area contributed by atoms with Crippen molar-refractivity contribution in [2.24, 2.45) is 0 Å². The Labute approximate surface area is 195 Å². The van der Waals surface area contributed by atoms with Crippen LogP contribution in [0.1, 0.15) is 22.7 Å². The fourth-order valence-electron chi connectivity index (χ4n) is 3.54. The van der Waals surface area contributed by atoms with E-state index in [1.54, 1.807) is 12.2 Å². The summed E-state index contributed by atoms with van der Waals surface area (Å²) in [6.45, 7) is 0.280. The van der Waals surface area contributed by atoms with Gasteiger partial charge in [0.1, 0.15) is 18.2 Å². The molecular weight excluding hydrogens is 486 g/mol. The average Bonchev–Trinajstić information content (AvgIpc) is 3.38. The van der Waals surface area contributed by atoms with E-state index in [-0.39, 0.29) is 36.5 Å². The first-order valence-corrected chi connectivity index (χ1v) is 10.7. The Morgan fingerprint density at radius 1 is 1.30 bits per heavy atom. The molecule has 0 fully saturated rings. The van der Waals surface area contributed by atoms with E-state index in [0.717, 1.165) is 21.2 Å². The van der Waals surface area contributed by atoms with Gasteiger partial charge in [0.25, 0.3) is 11.8 Å². The fraction of sp³-hybridized carbons (Fsp3) is 0.421. The Bertz CT molecular complexity index is 1140. The van der Waals surface area contributed by atoms with Gasteiger partial charge < -0.3 is 5.32 Å². The second kappa shape index (κ2) is 8.82. The Hall–Kier alpha value is -2.86. The van der Waals surface area contributed by atoms with Gasteiger partial charge in [0.2, 0.25) is 5.82 Å². The molecule has 1 aliphatic carbocycles. The molecule has 2 aliphatic rings. The average molecular weight is 504 g/mol. The molecule has 3 atom stereocenters. The van der Waals surface area contributed by atoms with Crippen molar-refractivity contribution in [1.82, 2.24) is 29.9 Å². The predicted molar refractivity (Wildman–Crippen MR) is 113 cm³/mol. The van der Waals surface area contributed by atoms with Gasteiger partial charge in [-0.1, -0.05) is 18.2 Å². The highest BCUT2D eigenvalue weighted by atomic mass is 35.5. The van der Waals surface area contributed by atoms with Crippen LogP contribution in [-0.2, 0) is 24.1 Å². The molecule has 1 N–H and O–H groups in total. The van der Waals surface area contributed by atoms with Gasteiger partial charge >= 0.3 is 6.18 Å². The molecule has 2 unspecified atom stereocenters. The summed E-state index contributed by atoms with van der Waals surface area (Å²) in [6, 6.07) is -0.184. The monoisotopic (exact) mass is 503 g/mol. The number of halogens is 5. The lowest BCUT2D eigenvalue weighted by Crippen LogP contribution is -2.47. The third-order valence-electron chi connectivity index (χ3n) is 5.28. The van der Waals surface area contributed by atoms with Crippen molar-refractivity contribution in [2.45, 2.75) is 42.5 Å². The number of carbonyl (C=O) groups is 2. The highest BCUT2D eigenvalue weighted by Gasteiger charge is 2.38. The van der Waals surface area contributed by atoms with Gasteiger partial charge in [-0.05, 0) is 12.0 Å². The van der Waals surface area contributed by atoms with Crippen molar-refractivity contribution in [1.29, 1.82) is 0 Å². The van der Waals surface area contributed by atoms with Gasteiger partial charge in [-0.2, -0.15) is 18.3 Å². The SMILES string of the molecule is CN1C(=O)[C@H](NC(=O)c2ncn(CC3=CC=CC(Cl)C3Cl)n2)CCn2nc(C(F)(F)F)cc21. The molecular formula is C19H18Cl2F3N7O2. The fourth-order valence-corrected chi connectivity index (χ4v) is 4.01. The maximum Gasteiger partial charge on any atom is 0.435 e. The summed E-state index contributed by atoms with van der Waals surface area (Å²) >= 11 is 12.4. The first kappa shape index (κ1) is 23.3. The summed E-state index contributed by atoms with van der Waals surface area (Å²) in [5.74, 6) is -1.43. The van der Waals surface area contributed by atoms with Crippen molar-refractivity contribution in [3.63, 3.8) is 0 Å². The number of aromatic nitrogens is 5. The lowest BCUT2D eigenvalue weighted by Gasteiger charge is -2.20. The number of allylic oxidation sites excluding steroid dienone is 4. The molecule has 0 bridgehead atoms. The normalized spacial score (nSPS) is 23.2. The number of carbonyl (C=O) groups excluding carboxylic acids is 2. The van der Waals surface area contributed by atoms with E-state index in [0.29, 0.717) is 0 Å². The molecule has 0 saturated carbocycles. The first-order chi connectivity index (χ1) is 15.5. The minimum atomic E-state index is -4.63. The Morgan fingerprint density at radius 3 is 2.79 bits per heavy atom. The number of hydrogen-bond donors (Lipinski definition) is 1. The Balaban J connectivity index is 1.43. The van der Waals surface area contributed by atoms with Crippen LogP contribution in [0, 0.1) is 0 Å². The topological polar surface area (TPSA) is 97.9 Å². The van der Waals surface area contributed by atoms with Crippen molar-refractivity contribution < 1.29 is 22.8 Å². The zero-order valence-electron chi connectivity index (χ0n) is 17.1. The third kappa shape index (κ3) is 4.76. The minimum Gasteiger partial charge on any atom is -0.337 e. The van der Waals surface area contributed by atoms with Crippen LogP contribution in [0.2, 0.25) is 0 Å². The second-order valence-corrected chi connectivity index (χ2v) is 8.53. The summed E-state index contributed by atoms with van der Waals surface area (Å²) in [6.07, 6.45) is 2.14. The Morgan fingerprint density at radius 2 is 2.06 bits per heavy atom. The van der Waals surface area contributed by atoms with E-state index in [1.165, 1.54) is 18.1 Å². The van der Waals surface area contributed by atoms with Crippen LogP contribution in [-0.4, -0.2) is 60.2 Å². The van der Waals surface area contributed by atoms with Crippen molar-refractivity contribution >= 4 is 40.8 Å². The molecule has 2 amide bonds. The van der Waals surface area contributed by atoms with Crippen molar-refractivity contribution in [3.8, 4) is 0 Å². The van der Waals surface area contributed by atoms with Gasteiger partial charge in [-0.25, -0.2) is 14.3 Å². The van der Waals surface area contributed by atoms with Gasteiger partial charge in [-0.15, -0.1) is 28.3 Å². The van der Waals surface area contributed by atoms with Gasteiger partial charge in [0, 0.05) is 19.7 Å². The van der Waals surface area contributed by atoms with Crippen LogP contribution in [0.5, 0.6) is 0 Å². The summed E-state index contributed by atoms with van der Waals surface area (Å²) in [5.41, 5.74) is -0.290. The number of aryl methyl sites for hydroxylation is 1. The molecule has 4 rings (SSSR count). The molecule has 9 nitrogen and oxygen atoms in total. The number of anilines is 1. The van der Waals surface area contributed by atoms with Gasteiger partial charge in [0.05, 0.1) is 17.3 Å². The number of rotatable bonds is 4. The summed E-state index contributed by atoms with van der Waals surface area (Å²) < 4.78 is 41.4. The molecule has 33 heavy (non-hydrogen) atoms. The van der Waals surface area contributed by atoms with Crippen molar-refractivity contribution in [2.75, 3.05) is 11.9 Å². The molecule has 14 heteroatoms. The molecule has 3 heterocycles. The van der Waals surface area contributed by atoms with Crippen LogP contribution in [0.4, 0.5) is 19.0 Å². The number of alkyl halides is 5. The predicted octanol–water partition coefficient (Wildman–Crippen LogP) is 2.37.